The second-order valence-electron chi connectivity index (χ2n) is 6.66. The Morgan fingerprint density at radius 1 is 1.00 bits per heavy atom. The molecule has 3 N–H and O–H groups in total. The van der Waals surface area contributed by atoms with Crippen LogP contribution in [0.15, 0.2) is 55.1 Å². The summed E-state index contributed by atoms with van der Waals surface area (Å²) in [4.78, 5) is 33.1. The number of nitrogens with two attached hydrogens (primary N) is 1. The molecule has 0 radical (unpaired) electrons. The molecule has 1 saturated heterocycles. The minimum atomic E-state index is -0.603. The van der Waals surface area contributed by atoms with Gasteiger partial charge in [-0.3, -0.25) is 9.78 Å². The van der Waals surface area contributed by atoms with Crippen LogP contribution < -0.4 is 20.9 Å². The highest BCUT2D eigenvalue weighted by atomic mass is 16.1. The molecule has 3 aromatic heterocycles. The van der Waals surface area contributed by atoms with E-state index in [4.69, 9.17) is 5.73 Å². The van der Waals surface area contributed by atoms with Gasteiger partial charge in [-0.15, -0.1) is 0 Å². The highest BCUT2D eigenvalue weighted by molar-refractivity contribution is 5.90. The second kappa shape index (κ2) is 8.51. The molecule has 1 aliphatic heterocycles. The minimum Gasteiger partial charge on any atom is -0.365 e. The summed E-state index contributed by atoms with van der Waals surface area (Å²) < 4.78 is 0. The maximum Gasteiger partial charge on any atom is 0.268 e. The van der Waals surface area contributed by atoms with E-state index in [-0.39, 0.29) is 5.69 Å². The van der Waals surface area contributed by atoms with Gasteiger partial charge in [-0.05, 0) is 18.2 Å². The van der Waals surface area contributed by atoms with Crippen LogP contribution in [0.25, 0.3) is 0 Å². The van der Waals surface area contributed by atoms with Crippen molar-refractivity contribution in [1.29, 1.82) is 0 Å². The number of carbonyl (C=O) groups excluding carboxylic acids is 1. The molecule has 3 aromatic rings. The van der Waals surface area contributed by atoms with Gasteiger partial charge in [-0.1, -0.05) is 12.1 Å². The Hall–Kier alpha value is -3.75. The topological polar surface area (TPSA) is 113 Å². The Morgan fingerprint density at radius 2 is 1.79 bits per heavy atom. The van der Waals surface area contributed by atoms with Crippen molar-refractivity contribution >= 4 is 23.4 Å². The summed E-state index contributed by atoms with van der Waals surface area (Å²) in [5.41, 5.74) is 6.45. The van der Waals surface area contributed by atoms with Gasteiger partial charge in [-0.25, -0.2) is 15.0 Å². The highest BCUT2D eigenvalue weighted by Gasteiger charge is 2.20. The molecule has 0 atom stereocenters. The van der Waals surface area contributed by atoms with Gasteiger partial charge in [0, 0.05) is 50.7 Å². The predicted octanol–water partition coefficient (Wildman–Crippen LogP) is 1.30. The molecule has 4 rings (SSSR count). The van der Waals surface area contributed by atoms with Gasteiger partial charge in [0.05, 0.1) is 12.4 Å². The lowest BCUT2D eigenvalue weighted by atomic mass is 10.2. The van der Waals surface area contributed by atoms with Crippen LogP contribution in [-0.4, -0.2) is 52.0 Å². The Balaban J connectivity index is 1.42. The fourth-order valence-electron chi connectivity index (χ4n) is 3.30. The van der Waals surface area contributed by atoms with Gasteiger partial charge in [0.1, 0.15) is 23.1 Å². The first-order chi connectivity index (χ1) is 14.2. The van der Waals surface area contributed by atoms with E-state index in [0.717, 1.165) is 43.4 Å². The summed E-state index contributed by atoms with van der Waals surface area (Å²) in [6.45, 7) is 3.99. The van der Waals surface area contributed by atoms with Crippen LogP contribution in [0.2, 0.25) is 0 Å². The van der Waals surface area contributed by atoms with Crippen molar-refractivity contribution in [2.75, 3.05) is 41.3 Å². The number of aromatic nitrogens is 4. The lowest BCUT2D eigenvalue weighted by Crippen LogP contribution is -2.47. The molecule has 4 heterocycles. The zero-order chi connectivity index (χ0) is 20.1. The first-order valence-electron chi connectivity index (χ1n) is 9.41. The lowest BCUT2D eigenvalue weighted by molar-refractivity contribution is 0.0995. The zero-order valence-corrected chi connectivity index (χ0v) is 15.9. The summed E-state index contributed by atoms with van der Waals surface area (Å²) in [5, 5.41) is 3.20. The van der Waals surface area contributed by atoms with Crippen LogP contribution in [0.1, 0.15) is 16.1 Å². The van der Waals surface area contributed by atoms with Crippen molar-refractivity contribution in [2.24, 2.45) is 5.73 Å². The van der Waals surface area contributed by atoms with Crippen LogP contribution in [0.3, 0.4) is 0 Å². The Morgan fingerprint density at radius 3 is 2.55 bits per heavy atom. The van der Waals surface area contributed by atoms with E-state index < -0.39 is 5.91 Å². The van der Waals surface area contributed by atoms with Crippen LogP contribution >= 0.6 is 0 Å². The number of pyridine rings is 2. The average molecular weight is 390 g/mol. The first kappa shape index (κ1) is 18.6. The van der Waals surface area contributed by atoms with Crippen molar-refractivity contribution in [1.82, 2.24) is 19.9 Å². The first-order valence-corrected chi connectivity index (χ1v) is 9.41. The normalized spacial score (nSPS) is 13.9. The number of carbonyl (C=O) groups is 1. The lowest BCUT2D eigenvalue weighted by Gasteiger charge is -2.36. The molecule has 148 valence electrons. The number of nitrogens with zero attached hydrogens (tertiary/aromatic N) is 6. The fourth-order valence-corrected chi connectivity index (χ4v) is 3.30. The van der Waals surface area contributed by atoms with Crippen molar-refractivity contribution < 1.29 is 4.79 Å². The van der Waals surface area contributed by atoms with E-state index in [1.165, 1.54) is 6.20 Å². The second-order valence-corrected chi connectivity index (χ2v) is 6.66. The Bertz CT molecular complexity index is 973. The quantitative estimate of drug-likeness (QED) is 0.648. The summed E-state index contributed by atoms with van der Waals surface area (Å²) in [7, 11) is 0. The maximum atomic E-state index is 11.3. The van der Waals surface area contributed by atoms with Crippen LogP contribution in [0.4, 0.5) is 17.5 Å². The van der Waals surface area contributed by atoms with Gasteiger partial charge in [0.2, 0.25) is 0 Å². The molecule has 29 heavy (non-hydrogen) atoms. The van der Waals surface area contributed by atoms with E-state index in [1.54, 1.807) is 12.4 Å². The standard InChI is InChI=1S/C20H22N8O/c21-19(29)16-13-22-14-17(26-16)25-12-15-4-3-7-24-20(15)28-10-8-27(9-11-28)18-5-1-2-6-23-18/h1-7,13-14H,8-12H2,(H2,21,29)(H,25,26). The summed E-state index contributed by atoms with van der Waals surface area (Å²) in [6, 6.07) is 9.92. The summed E-state index contributed by atoms with van der Waals surface area (Å²) in [5.74, 6) is 1.84. The molecule has 9 nitrogen and oxygen atoms in total. The number of hydrogen-bond acceptors (Lipinski definition) is 8. The minimum absolute atomic E-state index is 0.132. The molecule has 0 spiro atoms. The molecular weight excluding hydrogens is 368 g/mol. The zero-order valence-electron chi connectivity index (χ0n) is 15.9. The number of hydrogen-bond donors (Lipinski definition) is 2. The smallest absolute Gasteiger partial charge is 0.268 e. The molecular formula is C20H22N8O. The Labute approximate surface area is 168 Å². The van der Waals surface area contributed by atoms with Crippen molar-refractivity contribution in [3.05, 3.63) is 66.4 Å². The largest absolute Gasteiger partial charge is 0.365 e. The molecule has 0 aromatic carbocycles. The molecule has 1 amide bonds. The summed E-state index contributed by atoms with van der Waals surface area (Å²) in [6.07, 6.45) is 6.54. The van der Waals surface area contributed by atoms with Crippen molar-refractivity contribution in [2.45, 2.75) is 6.54 Å². The highest BCUT2D eigenvalue weighted by Crippen LogP contribution is 2.21. The van der Waals surface area contributed by atoms with E-state index in [1.807, 2.05) is 36.5 Å². The van der Waals surface area contributed by atoms with Gasteiger partial charge in [0.15, 0.2) is 0 Å². The number of amides is 1. The van der Waals surface area contributed by atoms with Crippen LogP contribution in [0, 0.1) is 0 Å². The van der Waals surface area contributed by atoms with E-state index in [2.05, 4.69) is 35.1 Å². The van der Waals surface area contributed by atoms with Gasteiger partial charge in [-0.2, -0.15) is 0 Å². The Kier molecular flexibility index (Phi) is 5.46. The van der Waals surface area contributed by atoms with E-state index in [0.29, 0.717) is 12.4 Å². The molecule has 0 aliphatic carbocycles. The number of rotatable bonds is 6. The van der Waals surface area contributed by atoms with Crippen LogP contribution in [-0.2, 0) is 6.54 Å². The molecule has 9 heteroatoms. The number of piperazine rings is 1. The third kappa shape index (κ3) is 4.40. The van der Waals surface area contributed by atoms with Crippen LogP contribution in [0.5, 0.6) is 0 Å². The van der Waals surface area contributed by atoms with Gasteiger partial charge < -0.3 is 20.9 Å². The van der Waals surface area contributed by atoms with E-state index in [9.17, 15) is 4.79 Å². The predicted molar refractivity (Wildman–Crippen MR) is 111 cm³/mol. The molecule has 1 aliphatic rings. The monoisotopic (exact) mass is 390 g/mol. The van der Waals surface area contributed by atoms with Crippen molar-refractivity contribution in [3.63, 3.8) is 0 Å². The third-order valence-electron chi connectivity index (χ3n) is 4.77. The molecule has 0 saturated carbocycles. The number of nitrogens with one attached hydrogen (secondary N) is 1. The SMILES string of the molecule is NC(=O)c1cncc(NCc2cccnc2N2CCN(c3ccccn3)CC2)n1. The van der Waals surface area contributed by atoms with Crippen molar-refractivity contribution in [3.8, 4) is 0 Å². The van der Waals surface area contributed by atoms with Gasteiger partial charge >= 0.3 is 0 Å². The number of primary amides is 1. The molecule has 0 bridgehead atoms. The number of anilines is 3. The van der Waals surface area contributed by atoms with Gasteiger partial charge in [0.25, 0.3) is 5.91 Å². The third-order valence-corrected chi connectivity index (χ3v) is 4.77. The molecule has 1 fully saturated rings. The molecule has 0 unspecified atom stereocenters. The average Bonchev–Trinajstić information content (AvgIpc) is 2.79. The fraction of sp³-hybridized carbons (Fsp3) is 0.250. The van der Waals surface area contributed by atoms with E-state index >= 15 is 0 Å². The summed E-state index contributed by atoms with van der Waals surface area (Å²) >= 11 is 0. The maximum absolute atomic E-state index is 11.3.